The van der Waals surface area contributed by atoms with Gasteiger partial charge in [-0.15, -0.1) is 0 Å². The van der Waals surface area contributed by atoms with Crippen LogP contribution in [0.4, 0.5) is 10.1 Å². The largest absolute Gasteiger partial charge is 0.277 e. The highest BCUT2D eigenvalue weighted by atomic mass is 79.9. The third kappa shape index (κ3) is 3.52. The van der Waals surface area contributed by atoms with Gasteiger partial charge in [-0.3, -0.25) is 9.71 Å². The normalized spacial score (nSPS) is 11.3. The van der Waals surface area contributed by atoms with Crippen molar-refractivity contribution < 1.29 is 12.8 Å². The number of aromatic nitrogens is 1. The van der Waals surface area contributed by atoms with Crippen molar-refractivity contribution in [1.82, 2.24) is 4.98 Å². The topological polar surface area (TPSA) is 59.1 Å². The summed E-state index contributed by atoms with van der Waals surface area (Å²) in [6, 6.07) is 5.44. The number of pyridine rings is 1. The van der Waals surface area contributed by atoms with E-state index in [1.807, 2.05) is 0 Å². The van der Waals surface area contributed by atoms with Crippen LogP contribution in [-0.2, 0) is 10.0 Å². The van der Waals surface area contributed by atoms with Crippen LogP contribution < -0.4 is 4.72 Å². The quantitative estimate of drug-likeness (QED) is 0.843. The van der Waals surface area contributed by atoms with Crippen LogP contribution in [0.2, 0.25) is 0 Å². The second-order valence-electron chi connectivity index (χ2n) is 3.57. The highest BCUT2D eigenvalue weighted by molar-refractivity contribution is 9.10. The van der Waals surface area contributed by atoms with E-state index in [1.54, 1.807) is 6.07 Å². The van der Waals surface area contributed by atoms with Gasteiger partial charge in [-0.05, 0) is 40.2 Å². The molecule has 1 heterocycles. The first-order chi connectivity index (χ1) is 8.88. The van der Waals surface area contributed by atoms with E-state index in [0.717, 1.165) is 0 Å². The lowest BCUT2D eigenvalue weighted by Gasteiger charge is -2.09. The molecule has 2 rings (SSSR count). The third-order valence-corrected chi connectivity index (χ3v) is 4.42. The van der Waals surface area contributed by atoms with E-state index in [4.69, 9.17) is 0 Å². The first-order valence-corrected chi connectivity index (χ1v) is 8.04. The van der Waals surface area contributed by atoms with Crippen molar-refractivity contribution in [2.45, 2.75) is 4.90 Å². The Morgan fingerprint density at radius 3 is 2.47 bits per heavy atom. The third-order valence-electron chi connectivity index (χ3n) is 2.17. The number of rotatable bonds is 3. The summed E-state index contributed by atoms with van der Waals surface area (Å²) in [4.78, 5) is 3.71. The monoisotopic (exact) mass is 408 g/mol. The van der Waals surface area contributed by atoms with Crippen molar-refractivity contribution in [2.75, 3.05) is 4.72 Å². The predicted octanol–water partition coefficient (Wildman–Crippen LogP) is 3.55. The molecule has 19 heavy (non-hydrogen) atoms. The molecule has 0 saturated carbocycles. The van der Waals surface area contributed by atoms with Crippen LogP contribution in [0.5, 0.6) is 0 Å². The minimum atomic E-state index is -3.87. The van der Waals surface area contributed by atoms with Crippen molar-refractivity contribution >= 4 is 47.6 Å². The Bertz CT molecular complexity index is 722. The predicted molar refractivity (Wildman–Crippen MR) is 76.8 cm³/mol. The van der Waals surface area contributed by atoms with E-state index in [9.17, 15) is 12.8 Å². The Balaban J connectivity index is 2.36. The average molecular weight is 410 g/mol. The maximum absolute atomic E-state index is 13.6. The van der Waals surface area contributed by atoms with Crippen LogP contribution in [0.3, 0.4) is 0 Å². The molecule has 0 aliphatic rings. The van der Waals surface area contributed by atoms with Gasteiger partial charge in [0.15, 0.2) is 0 Å². The second-order valence-corrected chi connectivity index (χ2v) is 7.08. The molecule has 1 N–H and O–H groups in total. The Labute approximate surface area is 126 Å². The summed E-state index contributed by atoms with van der Waals surface area (Å²) in [6.45, 7) is 0. The van der Waals surface area contributed by atoms with Crippen molar-refractivity contribution in [3.63, 3.8) is 0 Å². The van der Waals surface area contributed by atoms with Crippen LogP contribution in [-0.4, -0.2) is 13.4 Å². The SMILES string of the molecule is O=S(=O)(Nc1ccc(Br)cc1F)c1cncc(Br)c1. The van der Waals surface area contributed by atoms with Gasteiger partial charge in [-0.25, -0.2) is 12.8 Å². The zero-order valence-electron chi connectivity index (χ0n) is 9.27. The molecule has 0 saturated heterocycles. The van der Waals surface area contributed by atoms with E-state index < -0.39 is 15.8 Å². The summed E-state index contributed by atoms with van der Waals surface area (Å²) in [5.74, 6) is -0.666. The van der Waals surface area contributed by atoms with Gasteiger partial charge >= 0.3 is 0 Å². The molecule has 100 valence electrons. The number of nitrogens with one attached hydrogen (secondary N) is 1. The van der Waals surface area contributed by atoms with Crippen molar-refractivity contribution in [3.05, 3.63) is 51.4 Å². The smallest absolute Gasteiger partial charge is 0.263 e. The Morgan fingerprint density at radius 1 is 1.11 bits per heavy atom. The first kappa shape index (κ1) is 14.4. The summed E-state index contributed by atoms with van der Waals surface area (Å²) in [6.07, 6.45) is 2.64. The molecule has 0 bridgehead atoms. The molecular formula is C11H7Br2FN2O2S. The minimum absolute atomic E-state index is 0.0517. The van der Waals surface area contributed by atoms with Crippen LogP contribution in [0.25, 0.3) is 0 Å². The molecule has 0 fully saturated rings. The fourth-order valence-corrected chi connectivity index (χ4v) is 3.22. The molecule has 0 amide bonds. The average Bonchev–Trinajstić information content (AvgIpc) is 2.33. The first-order valence-electron chi connectivity index (χ1n) is 4.97. The Morgan fingerprint density at radius 2 is 1.84 bits per heavy atom. The molecule has 0 unspecified atom stereocenters. The van der Waals surface area contributed by atoms with Crippen LogP contribution >= 0.6 is 31.9 Å². The molecule has 1 aromatic carbocycles. The van der Waals surface area contributed by atoms with Crippen LogP contribution in [0.15, 0.2) is 50.5 Å². The molecule has 0 aliphatic carbocycles. The summed E-state index contributed by atoms with van der Waals surface area (Å²) in [5.41, 5.74) is -0.122. The number of halogens is 3. The zero-order chi connectivity index (χ0) is 14.0. The number of sulfonamides is 1. The Kier molecular flexibility index (Phi) is 4.22. The maximum atomic E-state index is 13.6. The van der Waals surface area contributed by atoms with E-state index in [1.165, 1.54) is 30.6 Å². The summed E-state index contributed by atoms with van der Waals surface area (Å²) in [5, 5.41) is 0. The fraction of sp³-hybridized carbons (Fsp3) is 0. The van der Waals surface area contributed by atoms with E-state index in [-0.39, 0.29) is 10.6 Å². The van der Waals surface area contributed by atoms with E-state index in [0.29, 0.717) is 8.95 Å². The number of anilines is 1. The van der Waals surface area contributed by atoms with Crippen molar-refractivity contribution in [3.8, 4) is 0 Å². The molecule has 2 aromatic rings. The highest BCUT2D eigenvalue weighted by Gasteiger charge is 2.17. The lowest BCUT2D eigenvalue weighted by Crippen LogP contribution is -2.14. The van der Waals surface area contributed by atoms with Gasteiger partial charge < -0.3 is 0 Å². The molecule has 0 aliphatic heterocycles. The van der Waals surface area contributed by atoms with Crippen molar-refractivity contribution in [1.29, 1.82) is 0 Å². The van der Waals surface area contributed by atoms with Gasteiger partial charge in [0.1, 0.15) is 10.7 Å². The van der Waals surface area contributed by atoms with Gasteiger partial charge in [0.25, 0.3) is 10.0 Å². The Hall–Kier alpha value is -0.990. The highest BCUT2D eigenvalue weighted by Crippen LogP contribution is 2.23. The molecule has 0 spiro atoms. The molecule has 8 heteroatoms. The minimum Gasteiger partial charge on any atom is -0.277 e. The molecule has 0 radical (unpaired) electrons. The zero-order valence-corrected chi connectivity index (χ0v) is 13.3. The molecular weight excluding hydrogens is 403 g/mol. The molecule has 1 aromatic heterocycles. The molecule has 4 nitrogen and oxygen atoms in total. The van der Waals surface area contributed by atoms with E-state index >= 15 is 0 Å². The lowest BCUT2D eigenvalue weighted by molar-refractivity contribution is 0.598. The van der Waals surface area contributed by atoms with Crippen LogP contribution in [0, 0.1) is 5.82 Å². The second kappa shape index (κ2) is 5.56. The standard InChI is InChI=1S/C11H7Br2FN2O2S/c12-7-1-2-11(10(14)4-7)16-19(17,18)9-3-8(13)5-15-6-9/h1-6,16H. The van der Waals surface area contributed by atoms with Gasteiger partial charge in [0, 0.05) is 21.3 Å². The number of benzene rings is 1. The number of nitrogens with zero attached hydrogens (tertiary/aromatic N) is 1. The van der Waals surface area contributed by atoms with Crippen LogP contribution in [0.1, 0.15) is 0 Å². The summed E-state index contributed by atoms with van der Waals surface area (Å²) >= 11 is 6.23. The number of hydrogen-bond acceptors (Lipinski definition) is 3. The lowest BCUT2D eigenvalue weighted by atomic mass is 10.3. The van der Waals surface area contributed by atoms with Crippen molar-refractivity contribution in [2.24, 2.45) is 0 Å². The van der Waals surface area contributed by atoms with E-state index in [2.05, 4.69) is 41.6 Å². The summed E-state index contributed by atoms with van der Waals surface area (Å²) in [7, 11) is -3.87. The number of hydrogen-bond donors (Lipinski definition) is 1. The van der Waals surface area contributed by atoms with Gasteiger partial charge in [0.05, 0.1) is 5.69 Å². The molecule has 0 atom stereocenters. The van der Waals surface area contributed by atoms with Gasteiger partial charge in [-0.2, -0.15) is 0 Å². The van der Waals surface area contributed by atoms with Gasteiger partial charge in [0.2, 0.25) is 0 Å². The maximum Gasteiger partial charge on any atom is 0.263 e. The summed E-state index contributed by atoms with van der Waals surface area (Å²) < 4.78 is 40.9. The fourth-order valence-electron chi connectivity index (χ4n) is 1.32. The van der Waals surface area contributed by atoms with Gasteiger partial charge in [-0.1, -0.05) is 15.9 Å².